The highest BCUT2D eigenvalue weighted by Crippen LogP contribution is 2.51. The molecule has 3 aromatic carbocycles. The molecule has 0 aliphatic carbocycles. The van der Waals surface area contributed by atoms with Crippen LogP contribution < -0.4 is 5.32 Å². The maximum absolute atomic E-state index is 11.4. The third kappa shape index (κ3) is 5.21. The van der Waals surface area contributed by atoms with Crippen LogP contribution in [0.3, 0.4) is 0 Å². The van der Waals surface area contributed by atoms with E-state index in [1.807, 2.05) is 30.0 Å². The summed E-state index contributed by atoms with van der Waals surface area (Å²) >= 11 is 1.93. The molecule has 6 heteroatoms. The Morgan fingerprint density at radius 2 is 1.32 bits per heavy atom. The molecule has 4 rings (SSSR count). The van der Waals surface area contributed by atoms with Crippen molar-refractivity contribution in [3.8, 4) is 0 Å². The lowest BCUT2D eigenvalue weighted by atomic mass is 9.84. The average molecular weight is 454 g/mol. The van der Waals surface area contributed by atoms with Gasteiger partial charge >= 0.3 is 0 Å². The molecule has 3 aromatic rings. The van der Waals surface area contributed by atoms with Crippen LogP contribution >= 0.6 is 11.8 Å². The van der Waals surface area contributed by atoms with Crippen LogP contribution in [0.5, 0.6) is 0 Å². The van der Waals surface area contributed by atoms with E-state index in [1.165, 1.54) is 16.7 Å². The van der Waals surface area contributed by atoms with Crippen molar-refractivity contribution < 1.29 is 12.6 Å². The van der Waals surface area contributed by atoms with E-state index in [0.717, 1.165) is 19.2 Å². The standard InChI is InChI=1S/C25H27NO3S2/c1-31(27,28)29-19-23-17-24(18-26-23)30-25(20-11-5-2-6-12-20,21-13-7-3-8-14-21)22-15-9-4-10-16-22/h2-16,23-24,26H,17-19H2,1H3/t23-,24+/m0/s1. The van der Waals surface area contributed by atoms with Crippen LogP contribution in [-0.2, 0) is 19.0 Å². The summed E-state index contributed by atoms with van der Waals surface area (Å²) in [5, 5.41) is 3.75. The molecule has 0 amide bonds. The van der Waals surface area contributed by atoms with Crippen LogP contribution in [0, 0.1) is 0 Å². The van der Waals surface area contributed by atoms with Gasteiger partial charge in [-0.05, 0) is 23.1 Å². The van der Waals surface area contributed by atoms with Gasteiger partial charge in [-0.2, -0.15) is 8.42 Å². The molecular formula is C25H27NO3S2. The first kappa shape index (κ1) is 22.1. The van der Waals surface area contributed by atoms with E-state index < -0.39 is 10.1 Å². The summed E-state index contributed by atoms with van der Waals surface area (Å²) in [5.41, 5.74) is 3.69. The summed E-state index contributed by atoms with van der Waals surface area (Å²) in [6, 6.07) is 31.9. The molecule has 2 atom stereocenters. The summed E-state index contributed by atoms with van der Waals surface area (Å²) in [7, 11) is -3.44. The van der Waals surface area contributed by atoms with Crippen LogP contribution in [-0.4, -0.2) is 39.1 Å². The first-order chi connectivity index (χ1) is 15.0. The zero-order chi connectivity index (χ0) is 21.7. The molecule has 1 saturated heterocycles. The van der Waals surface area contributed by atoms with E-state index in [2.05, 4.69) is 78.1 Å². The molecule has 4 nitrogen and oxygen atoms in total. The summed E-state index contributed by atoms with van der Waals surface area (Å²) in [4.78, 5) is 0. The first-order valence-electron chi connectivity index (χ1n) is 10.4. The average Bonchev–Trinajstić information content (AvgIpc) is 3.25. The lowest BCUT2D eigenvalue weighted by Gasteiger charge is -2.37. The van der Waals surface area contributed by atoms with Crippen molar-refractivity contribution in [3.05, 3.63) is 108 Å². The zero-order valence-corrected chi connectivity index (χ0v) is 19.1. The fraction of sp³-hybridized carbons (Fsp3) is 0.280. The van der Waals surface area contributed by atoms with Gasteiger partial charge in [-0.15, -0.1) is 11.8 Å². The van der Waals surface area contributed by atoms with Crippen molar-refractivity contribution >= 4 is 21.9 Å². The van der Waals surface area contributed by atoms with Crippen molar-refractivity contribution in [2.75, 3.05) is 19.4 Å². The third-order valence-electron chi connectivity index (χ3n) is 5.55. The Hall–Kier alpha value is -2.12. The van der Waals surface area contributed by atoms with Crippen LogP contribution in [0.2, 0.25) is 0 Å². The van der Waals surface area contributed by atoms with Gasteiger partial charge in [-0.25, -0.2) is 0 Å². The van der Waals surface area contributed by atoms with Gasteiger partial charge in [-0.1, -0.05) is 91.0 Å². The number of hydrogen-bond acceptors (Lipinski definition) is 5. The molecule has 1 aliphatic heterocycles. The monoisotopic (exact) mass is 453 g/mol. The van der Waals surface area contributed by atoms with Gasteiger partial charge in [0.2, 0.25) is 0 Å². The molecule has 1 fully saturated rings. The summed E-state index contributed by atoms with van der Waals surface area (Å²) in [5.74, 6) is 0. The highest BCUT2D eigenvalue weighted by atomic mass is 32.2. The molecule has 0 spiro atoms. The Morgan fingerprint density at radius 1 is 0.871 bits per heavy atom. The molecule has 0 saturated carbocycles. The van der Waals surface area contributed by atoms with Crippen molar-refractivity contribution in [3.63, 3.8) is 0 Å². The SMILES string of the molecule is CS(=O)(=O)OC[C@@H]1C[C@@H](SC(c2ccccc2)(c2ccccc2)c2ccccc2)CN1. The van der Waals surface area contributed by atoms with Gasteiger partial charge in [0.15, 0.2) is 0 Å². The second-order valence-electron chi connectivity index (χ2n) is 7.85. The number of benzene rings is 3. The minimum atomic E-state index is -3.44. The van der Waals surface area contributed by atoms with Crippen molar-refractivity contribution in [2.24, 2.45) is 0 Å². The fourth-order valence-electron chi connectivity index (χ4n) is 4.18. The Kier molecular flexibility index (Phi) is 6.82. The number of nitrogens with one attached hydrogen (secondary N) is 1. The van der Waals surface area contributed by atoms with Crippen LogP contribution in [0.25, 0.3) is 0 Å². The highest BCUT2D eigenvalue weighted by molar-refractivity contribution is 8.01. The van der Waals surface area contributed by atoms with Crippen molar-refractivity contribution in [1.82, 2.24) is 5.32 Å². The Bertz CT molecular complexity index is 977. The van der Waals surface area contributed by atoms with E-state index in [9.17, 15) is 8.42 Å². The van der Waals surface area contributed by atoms with Gasteiger partial charge < -0.3 is 5.32 Å². The van der Waals surface area contributed by atoms with Gasteiger partial charge in [0.25, 0.3) is 10.1 Å². The lowest BCUT2D eigenvalue weighted by molar-refractivity contribution is 0.284. The van der Waals surface area contributed by atoms with Crippen LogP contribution in [0.4, 0.5) is 0 Å². The quantitative estimate of drug-likeness (QED) is 0.404. The molecular weight excluding hydrogens is 426 g/mol. The Morgan fingerprint density at radius 3 is 1.74 bits per heavy atom. The predicted molar refractivity (Wildman–Crippen MR) is 128 cm³/mol. The molecule has 1 heterocycles. The Balaban J connectivity index is 1.71. The van der Waals surface area contributed by atoms with Gasteiger partial charge in [0.1, 0.15) is 0 Å². The minimum Gasteiger partial charge on any atom is -0.310 e. The number of hydrogen-bond donors (Lipinski definition) is 1. The van der Waals surface area contributed by atoms with E-state index in [-0.39, 0.29) is 17.4 Å². The van der Waals surface area contributed by atoms with E-state index in [1.54, 1.807) is 0 Å². The largest absolute Gasteiger partial charge is 0.310 e. The Labute approximate surface area is 189 Å². The first-order valence-corrected chi connectivity index (χ1v) is 13.1. The van der Waals surface area contributed by atoms with Crippen LogP contribution in [0.1, 0.15) is 23.1 Å². The van der Waals surface area contributed by atoms with Crippen molar-refractivity contribution in [2.45, 2.75) is 22.5 Å². The zero-order valence-electron chi connectivity index (χ0n) is 17.5. The molecule has 162 valence electrons. The molecule has 0 bridgehead atoms. The molecule has 31 heavy (non-hydrogen) atoms. The highest BCUT2D eigenvalue weighted by Gasteiger charge is 2.41. The second kappa shape index (κ2) is 9.57. The normalized spacial score (nSPS) is 19.4. The predicted octanol–water partition coefficient (Wildman–Crippen LogP) is 4.42. The van der Waals surface area contributed by atoms with E-state index >= 15 is 0 Å². The molecule has 1 N–H and O–H groups in total. The van der Waals surface area contributed by atoms with Crippen LogP contribution in [0.15, 0.2) is 91.0 Å². The summed E-state index contributed by atoms with van der Waals surface area (Å²) < 4.78 is 27.5. The number of rotatable bonds is 8. The lowest BCUT2D eigenvalue weighted by Crippen LogP contribution is -2.29. The number of thioether (sulfide) groups is 1. The van der Waals surface area contributed by atoms with Gasteiger partial charge in [0.05, 0.1) is 17.6 Å². The second-order valence-corrected chi connectivity index (χ2v) is 11.0. The maximum Gasteiger partial charge on any atom is 0.264 e. The third-order valence-corrected chi connectivity index (χ3v) is 7.87. The maximum atomic E-state index is 11.4. The molecule has 0 unspecified atom stereocenters. The smallest absolute Gasteiger partial charge is 0.264 e. The van der Waals surface area contributed by atoms with Gasteiger partial charge in [-0.3, -0.25) is 4.18 Å². The molecule has 1 aliphatic rings. The summed E-state index contributed by atoms with van der Waals surface area (Å²) in [6.45, 7) is 0.974. The topological polar surface area (TPSA) is 55.4 Å². The fourth-order valence-corrected chi connectivity index (χ4v) is 6.41. The molecule has 0 radical (unpaired) electrons. The van der Waals surface area contributed by atoms with Crippen molar-refractivity contribution in [1.29, 1.82) is 0 Å². The summed E-state index contributed by atoms with van der Waals surface area (Å²) in [6.07, 6.45) is 1.94. The van der Waals surface area contributed by atoms with E-state index in [4.69, 9.17) is 4.18 Å². The van der Waals surface area contributed by atoms with E-state index in [0.29, 0.717) is 5.25 Å². The van der Waals surface area contributed by atoms with Gasteiger partial charge in [0, 0.05) is 17.8 Å². The molecule has 0 aromatic heterocycles. The minimum absolute atomic E-state index is 0.0206.